The molecule has 0 saturated carbocycles. The first kappa shape index (κ1) is 7.48. The zero-order chi connectivity index (χ0) is 8.10. The fourth-order valence-corrected chi connectivity index (χ4v) is 0.794. The van der Waals surface area contributed by atoms with Crippen molar-refractivity contribution in [2.75, 3.05) is 0 Å². The van der Waals surface area contributed by atoms with Crippen molar-refractivity contribution in [3.63, 3.8) is 0 Å². The number of hydrogen-bond donors (Lipinski definition) is 0. The average Bonchev–Trinajstić information content (AvgIpc) is 2.47. The predicted molar refractivity (Wildman–Crippen MR) is 37.6 cm³/mol. The van der Waals surface area contributed by atoms with Gasteiger partial charge < -0.3 is 9.36 Å². The third-order valence-corrected chi connectivity index (χ3v) is 1.30. The van der Waals surface area contributed by atoms with Crippen LogP contribution in [0.5, 0.6) is 0 Å². The lowest BCUT2D eigenvalue weighted by atomic mass is 10.4. The maximum Gasteiger partial charge on any atom is 0.212 e. The lowest BCUT2D eigenvalue weighted by Crippen LogP contribution is -1.99. The molecule has 4 nitrogen and oxygen atoms in total. The van der Waals surface area contributed by atoms with Crippen LogP contribution in [-0.2, 0) is 11.3 Å². The fraction of sp³-hybridized carbons (Fsp3) is 0.286. The molecule has 56 valence electrons. The van der Waals surface area contributed by atoms with Crippen LogP contribution in [0, 0.1) is 11.3 Å². The van der Waals surface area contributed by atoms with Gasteiger partial charge in [-0.15, -0.1) is 0 Å². The number of nitrogens with zero attached hydrogens (tertiary/aromatic N) is 3. The monoisotopic (exact) mass is 149 g/mol. The van der Waals surface area contributed by atoms with E-state index in [9.17, 15) is 4.79 Å². The molecule has 1 rings (SSSR count). The first-order valence-electron chi connectivity index (χ1n) is 3.23. The maximum absolute atomic E-state index is 9.98. The van der Waals surface area contributed by atoms with Crippen molar-refractivity contribution < 1.29 is 4.79 Å². The third-order valence-electron chi connectivity index (χ3n) is 1.30. The number of imidazole rings is 1. The topological polar surface area (TPSA) is 58.7 Å². The highest BCUT2D eigenvalue weighted by molar-refractivity contribution is 5.49. The highest BCUT2D eigenvalue weighted by Gasteiger charge is 1.98. The van der Waals surface area contributed by atoms with Crippen LogP contribution >= 0.6 is 0 Å². The molecule has 0 N–H and O–H groups in total. The molecule has 0 bridgehead atoms. The van der Waals surface area contributed by atoms with Gasteiger partial charge in [-0.05, 0) is 0 Å². The normalized spacial score (nSPS) is 9.00. The molecule has 0 aliphatic carbocycles. The number of aromatic nitrogens is 2. The Kier molecular flexibility index (Phi) is 2.39. The lowest BCUT2D eigenvalue weighted by Gasteiger charge is -1.96. The highest BCUT2D eigenvalue weighted by atomic mass is 16.1. The maximum atomic E-state index is 9.98. The van der Waals surface area contributed by atoms with Crippen LogP contribution in [0.3, 0.4) is 0 Å². The van der Waals surface area contributed by atoms with E-state index in [1.165, 1.54) is 0 Å². The minimum Gasteiger partial charge on any atom is -0.322 e. The van der Waals surface area contributed by atoms with E-state index >= 15 is 0 Å². The summed E-state index contributed by atoms with van der Waals surface area (Å²) in [5, 5.41) is 8.48. The number of carbonyl (C=O) groups excluding carboxylic acids is 1. The summed E-state index contributed by atoms with van der Waals surface area (Å²) in [5.41, 5.74) is 0. The van der Waals surface area contributed by atoms with E-state index < -0.39 is 0 Å². The quantitative estimate of drug-likeness (QED) is 0.582. The van der Waals surface area contributed by atoms with Gasteiger partial charge in [-0.3, -0.25) is 0 Å². The van der Waals surface area contributed by atoms with Gasteiger partial charge in [0, 0.05) is 25.4 Å². The standard InChI is InChI=1S/C7H7N3O/c8-6-7-9-2-4-10(7)3-1-5-11/h2,4-5H,1,3H2. The number of hydrogen-bond acceptors (Lipinski definition) is 3. The number of aldehydes is 1. The van der Waals surface area contributed by atoms with Crippen molar-refractivity contribution in [1.82, 2.24) is 9.55 Å². The largest absolute Gasteiger partial charge is 0.322 e. The summed E-state index contributed by atoms with van der Waals surface area (Å²) in [6.07, 6.45) is 4.47. The Morgan fingerprint density at radius 3 is 3.27 bits per heavy atom. The molecule has 0 saturated heterocycles. The molecule has 0 amide bonds. The summed E-state index contributed by atoms with van der Waals surface area (Å²) in [7, 11) is 0. The minimum absolute atomic E-state index is 0.354. The molecular weight excluding hydrogens is 142 g/mol. The van der Waals surface area contributed by atoms with Crippen LogP contribution in [0.1, 0.15) is 12.2 Å². The number of aryl methyl sites for hydroxylation is 1. The van der Waals surface area contributed by atoms with Gasteiger partial charge in [-0.1, -0.05) is 0 Å². The van der Waals surface area contributed by atoms with Crippen LogP contribution in [0.2, 0.25) is 0 Å². The molecule has 0 spiro atoms. The van der Waals surface area contributed by atoms with Crippen molar-refractivity contribution >= 4 is 6.29 Å². The Balaban J connectivity index is 2.70. The van der Waals surface area contributed by atoms with Gasteiger partial charge >= 0.3 is 0 Å². The Morgan fingerprint density at radius 2 is 2.64 bits per heavy atom. The Bertz CT molecular complexity index is 284. The highest BCUT2D eigenvalue weighted by Crippen LogP contribution is 1.95. The first-order chi connectivity index (χ1) is 5.38. The Hall–Kier alpha value is -1.63. The Morgan fingerprint density at radius 1 is 1.82 bits per heavy atom. The van der Waals surface area contributed by atoms with Gasteiger partial charge in [0.1, 0.15) is 12.4 Å². The van der Waals surface area contributed by atoms with Gasteiger partial charge in [0.25, 0.3) is 0 Å². The zero-order valence-corrected chi connectivity index (χ0v) is 5.90. The summed E-state index contributed by atoms with van der Waals surface area (Å²) < 4.78 is 1.65. The summed E-state index contributed by atoms with van der Waals surface area (Å²) in [4.78, 5) is 13.8. The lowest BCUT2D eigenvalue weighted by molar-refractivity contribution is -0.108. The van der Waals surface area contributed by atoms with Gasteiger partial charge in [0.05, 0.1) is 0 Å². The van der Waals surface area contributed by atoms with Crippen molar-refractivity contribution in [2.24, 2.45) is 0 Å². The van der Waals surface area contributed by atoms with Crippen molar-refractivity contribution in [1.29, 1.82) is 5.26 Å². The van der Waals surface area contributed by atoms with Crippen molar-refractivity contribution in [2.45, 2.75) is 13.0 Å². The van der Waals surface area contributed by atoms with Crippen LogP contribution in [0.4, 0.5) is 0 Å². The third kappa shape index (κ3) is 1.64. The summed E-state index contributed by atoms with van der Waals surface area (Å²) in [6.45, 7) is 0.534. The van der Waals surface area contributed by atoms with Crippen LogP contribution in [0.15, 0.2) is 12.4 Å². The second-order valence-corrected chi connectivity index (χ2v) is 2.01. The zero-order valence-electron chi connectivity index (χ0n) is 5.90. The van der Waals surface area contributed by atoms with Crippen LogP contribution < -0.4 is 0 Å². The smallest absolute Gasteiger partial charge is 0.212 e. The van der Waals surface area contributed by atoms with E-state index in [4.69, 9.17) is 5.26 Å². The minimum atomic E-state index is 0.354. The molecular formula is C7H7N3O. The summed E-state index contributed by atoms with van der Waals surface area (Å²) >= 11 is 0. The molecule has 11 heavy (non-hydrogen) atoms. The van der Waals surface area contributed by atoms with Gasteiger partial charge in [-0.2, -0.15) is 5.26 Å². The molecule has 0 unspecified atom stereocenters. The predicted octanol–water partition coefficient (Wildman–Crippen LogP) is 0.344. The summed E-state index contributed by atoms with van der Waals surface area (Å²) in [5.74, 6) is 0.354. The van der Waals surface area contributed by atoms with Crippen LogP contribution in [0.25, 0.3) is 0 Å². The van der Waals surface area contributed by atoms with E-state index in [0.29, 0.717) is 18.8 Å². The molecule has 0 atom stereocenters. The average molecular weight is 149 g/mol. The van der Waals surface area contributed by atoms with E-state index in [1.807, 2.05) is 6.07 Å². The van der Waals surface area contributed by atoms with Crippen molar-refractivity contribution in [3.8, 4) is 6.07 Å². The molecule has 1 aromatic heterocycles. The molecule has 1 heterocycles. The second kappa shape index (κ2) is 3.52. The van der Waals surface area contributed by atoms with E-state index in [0.717, 1.165) is 6.29 Å². The molecule has 0 aromatic carbocycles. The van der Waals surface area contributed by atoms with E-state index in [1.54, 1.807) is 17.0 Å². The second-order valence-electron chi connectivity index (χ2n) is 2.01. The number of carbonyl (C=O) groups is 1. The van der Waals surface area contributed by atoms with E-state index in [-0.39, 0.29) is 0 Å². The van der Waals surface area contributed by atoms with Gasteiger partial charge in [0.2, 0.25) is 5.82 Å². The molecule has 4 heteroatoms. The molecule has 0 radical (unpaired) electrons. The van der Waals surface area contributed by atoms with E-state index in [2.05, 4.69) is 4.98 Å². The van der Waals surface area contributed by atoms with Gasteiger partial charge in [0.15, 0.2) is 0 Å². The van der Waals surface area contributed by atoms with Crippen molar-refractivity contribution in [3.05, 3.63) is 18.2 Å². The SMILES string of the molecule is N#Cc1nccn1CCC=O. The Labute approximate surface area is 64.1 Å². The fourth-order valence-electron chi connectivity index (χ4n) is 0.794. The first-order valence-corrected chi connectivity index (χ1v) is 3.23. The number of nitriles is 1. The van der Waals surface area contributed by atoms with Gasteiger partial charge in [-0.25, -0.2) is 4.98 Å². The summed E-state index contributed by atoms with van der Waals surface area (Å²) in [6, 6.07) is 1.92. The molecule has 0 aliphatic heterocycles. The molecule has 0 aliphatic rings. The number of rotatable bonds is 3. The van der Waals surface area contributed by atoms with Crippen LogP contribution in [-0.4, -0.2) is 15.8 Å². The molecule has 1 aromatic rings. The molecule has 0 fully saturated rings.